The molecular formula is C19H15NS. The van der Waals surface area contributed by atoms with Gasteiger partial charge in [-0.1, -0.05) is 54.6 Å². The van der Waals surface area contributed by atoms with Crippen LogP contribution in [0.25, 0.3) is 21.2 Å². The fourth-order valence-electron chi connectivity index (χ4n) is 2.66. The van der Waals surface area contributed by atoms with E-state index < -0.39 is 0 Å². The molecule has 0 N–H and O–H groups in total. The molecule has 0 aliphatic carbocycles. The third kappa shape index (κ3) is 2.50. The molecule has 0 saturated heterocycles. The number of hydrogen-bond donors (Lipinski definition) is 0. The summed E-state index contributed by atoms with van der Waals surface area (Å²) in [7, 11) is 0. The van der Waals surface area contributed by atoms with Gasteiger partial charge in [-0.15, -0.1) is 11.3 Å². The lowest BCUT2D eigenvalue weighted by atomic mass is 10.2. The van der Waals surface area contributed by atoms with Crippen molar-refractivity contribution in [2.24, 2.45) is 0 Å². The molecule has 0 fully saturated rings. The second kappa shape index (κ2) is 5.23. The lowest BCUT2D eigenvalue weighted by Crippen LogP contribution is -1.93. The van der Waals surface area contributed by atoms with Gasteiger partial charge >= 0.3 is 0 Å². The fourth-order valence-corrected chi connectivity index (χ4v) is 3.57. The maximum atomic E-state index is 2.30. The number of rotatable bonds is 3. The summed E-state index contributed by atoms with van der Waals surface area (Å²) in [4.78, 5) is 1.34. The molecule has 0 saturated carbocycles. The van der Waals surface area contributed by atoms with E-state index in [1.54, 1.807) is 0 Å². The largest absolute Gasteiger partial charge is 0.349 e. The Labute approximate surface area is 128 Å². The molecule has 0 atom stereocenters. The Morgan fingerprint density at radius 3 is 2.19 bits per heavy atom. The highest BCUT2D eigenvalue weighted by Crippen LogP contribution is 2.27. The second-order valence-corrected chi connectivity index (χ2v) is 6.16. The zero-order valence-electron chi connectivity index (χ0n) is 11.6. The highest BCUT2D eigenvalue weighted by molar-refractivity contribution is 7.13. The molecule has 0 spiro atoms. The molecule has 2 heteroatoms. The Hall–Kier alpha value is -2.32. The molecular weight excluding hydrogens is 274 g/mol. The number of nitrogens with zero attached hydrogens (tertiary/aromatic N) is 1. The minimum atomic E-state index is 0.929. The van der Waals surface area contributed by atoms with Gasteiger partial charge in [0.2, 0.25) is 0 Å². The Balaban J connectivity index is 1.61. The maximum Gasteiger partial charge on any atom is 0.0479 e. The van der Waals surface area contributed by atoms with Gasteiger partial charge in [0.1, 0.15) is 0 Å². The van der Waals surface area contributed by atoms with Gasteiger partial charge in [-0.25, -0.2) is 0 Å². The molecule has 4 rings (SSSR count). The van der Waals surface area contributed by atoms with Crippen molar-refractivity contribution in [2.75, 3.05) is 0 Å². The van der Waals surface area contributed by atoms with Crippen LogP contribution in [0.5, 0.6) is 0 Å². The number of hydrogen-bond acceptors (Lipinski definition) is 1. The lowest BCUT2D eigenvalue weighted by molar-refractivity contribution is 0.813. The van der Waals surface area contributed by atoms with E-state index in [0.29, 0.717) is 0 Å². The van der Waals surface area contributed by atoms with E-state index in [-0.39, 0.29) is 0 Å². The topological polar surface area (TPSA) is 4.93 Å². The van der Waals surface area contributed by atoms with Gasteiger partial charge in [-0.3, -0.25) is 0 Å². The van der Waals surface area contributed by atoms with E-state index >= 15 is 0 Å². The normalized spacial score (nSPS) is 11.0. The molecule has 4 aromatic rings. The second-order valence-electron chi connectivity index (χ2n) is 5.24. The number of aromatic nitrogens is 1. The van der Waals surface area contributed by atoms with Crippen LogP contribution in [0.2, 0.25) is 0 Å². The van der Waals surface area contributed by atoms with Crippen molar-refractivity contribution in [3.8, 4) is 10.4 Å². The minimum absolute atomic E-state index is 0.929. The van der Waals surface area contributed by atoms with E-state index in [1.807, 2.05) is 11.3 Å². The molecule has 2 heterocycles. The van der Waals surface area contributed by atoms with Crippen molar-refractivity contribution in [3.05, 3.63) is 84.0 Å². The van der Waals surface area contributed by atoms with Crippen LogP contribution >= 0.6 is 11.3 Å². The average molecular weight is 289 g/mol. The quantitative estimate of drug-likeness (QED) is 0.474. The van der Waals surface area contributed by atoms with Crippen molar-refractivity contribution < 1.29 is 0 Å². The van der Waals surface area contributed by atoms with E-state index in [1.165, 1.54) is 26.8 Å². The predicted octanol–water partition coefficient (Wildman–Crippen LogP) is 5.42. The zero-order valence-corrected chi connectivity index (χ0v) is 12.4. The molecule has 2 aromatic heterocycles. The van der Waals surface area contributed by atoms with Crippen molar-refractivity contribution in [1.82, 2.24) is 4.57 Å². The molecule has 0 aliphatic rings. The third-order valence-corrected chi connectivity index (χ3v) is 4.71. The summed E-state index contributed by atoms with van der Waals surface area (Å²) >= 11 is 1.82. The number of thiophene rings is 1. The van der Waals surface area contributed by atoms with Crippen molar-refractivity contribution in [2.45, 2.75) is 6.54 Å². The summed E-state index contributed by atoms with van der Waals surface area (Å²) < 4.78 is 2.27. The van der Waals surface area contributed by atoms with E-state index in [0.717, 1.165) is 6.54 Å². The SMILES string of the molecule is c1ccc(-c2cc(Cn3cc4ccccc4c3)cs2)cc1. The molecule has 0 radical (unpaired) electrons. The first kappa shape index (κ1) is 12.4. The van der Waals surface area contributed by atoms with E-state index in [4.69, 9.17) is 0 Å². The summed E-state index contributed by atoms with van der Waals surface area (Å²) in [6.45, 7) is 0.929. The van der Waals surface area contributed by atoms with Crippen LogP contribution in [0, 0.1) is 0 Å². The molecule has 0 bridgehead atoms. The Morgan fingerprint density at radius 1 is 0.810 bits per heavy atom. The number of benzene rings is 2. The molecule has 1 nitrogen and oxygen atoms in total. The van der Waals surface area contributed by atoms with Gasteiger partial charge in [-0.2, -0.15) is 0 Å². The predicted molar refractivity (Wildman–Crippen MR) is 90.8 cm³/mol. The Morgan fingerprint density at radius 2 is 1.48 bits per heavy atom. The van der Waals surface area contributed by atoms with Crippen LogP contribution in [0.15, 0.2) is 78.4 Å². The minimum Gasteiger partial charge on any atom is -0.349 e. The summed E-state index contributed by atoms with van der Waals surface area (Å²) in [6.07, 6.45) is 4.43. The van der Waals surface area contributed by atoms with Crippen LogP contribution < -0.4 is 0 Å². The smallest absolute Gasteiger partial charge is 0.0479 e. The van der Waals surface area contributed by atoms with Crippen molar-refractivity contribution >= 4 is 22.1 Å². The van der Waals surface area contributed by atoms with Gasteiger partial charge in [0.05, 0.1) is 0 Å². The monoisotopic (exact) mass is 289 g/mol. The molecule has 21 heavy (non-hydrogen) atoms. The summed E-state index contributed by atoms with van der Waals surface area (Å²) in [5.41, 5.74) is 2.66. The highest BCUT2D eigenvalue weighted by atomic mass is 32.1. The molecule has 0 unspecified atom stereocenters. The van der Waals surface area contributed by atoms with Gasteiger partial charge in [0, 0.05) is 23.8 Å². The lowest BCUT2D eigenvalue weighted by Gasteiger charge is -1.99. The third-order valence-electron chi connectivity index (χ3n) is 3.68. The molecule has 0 amide bonds. The number of fused-ring (bicyclic) bond motifs is 1. The van der Waals surface area contributed by atoms with Gasteiger partial charge in [0.15, 0.2) is 0 Å². The van der Waals surface area contributed by atoms with Gasteiger partial charge in [-0.05, 0) is 33.3 Å². The first-order valence-corrected chi connectivity index (χ1v) is 7.94. The molecule has 102 valence electrons. The molecule has 0 aliphatic heterocycles. The standard InChI is InChI=1S/C19H15NS/c1-2-6-16(7-3-1)19-10-15(14-21-19)11-20-12-17-8-4-5-9-18(17)13-20/h1-10,12-14H,11H2. The Bertz CT molecular complexity index is 838. The average Bonchev–Trinajstić information content (AvgIpc) is 3.14. The summed E-state index contributed by atoms with van der Waals surface area (Å²) in [5, 5.41) is 4.86. The Kier molecular flexibility index (Phi) is 3.09. The maximum absolute atomic E-state index is 2.30. The van der Waals surface area contributed by atoms with Gasteiger partial charge < -0.3 is 4.57 Å². The van der Waals surface area contributed by atoms with Crippen LogP contribution in [-0.2, 0) is 6.54 Å². The van der Waals surface area contributed by atoms with Crippen LogP contribution in [0.4, 0.5) is 0 Å². The van der Waals surface area contributed by atoms with Crippen molar-refractivity contribution in [3.63, 3.8) is 0 Å². The zero-order chi connectivity index (χ0) is 14.1. The van der Waals surface area contributed by atoms with Gasteiger partial charge in [0.25, 0.3) is 0 Å². The fraction of sp³-hybridized carbons (Fsp3) is 0.0526. The first-order valence-electron chi connectivity index (χ1n) is 7.06. The van der Waals surface area contributed by atoms with Crippen LogP contribution in [-0.4, -0.2) is 4.57 Å². The van der Waals surface area contributed by atoms with Crippen LogP contribution in [0.3, 0.4) is 0 Å². The molecule has 2 aromatic carbocycles. The summed E-state index contributed by atoms with van der Waals surface area (Å²) in [6, 6.07) is 21.4. The van der Waals surface area contributed by atoms with Crippen molar-refractivity contribution in [1.29, 1.82) is 0 Å². The summed E-state index contributed by atoms with van der Waals surface area (Å²) in [5.74, 6) is 0. The van der Waals surface area contributed by atoms with E-state index in [9.17, 15) is 0 Å². The first-order chi connectivity index (χ1) is 10.4. The van der Waals surface area contributed by atoms with E-state index in [2.05, 4.69) is 83.0 Å². The van der Waals surface area contributed by atoms with Crippen LogP contribution in [0.1, 0.15) is 5.56 Å². The highest BCUT2D eigenvalue weighted by Gasteiger charge is 2.04.